The number of hydrogen-bond donors (Lipinski definition) is 1. The fraction of sp³-hybridized carbons (Fsp3) is 0.364. The number of hydrogen-bond acceptors (Lipinski definition) is 5. The minimum atomic E-state index is -0.793. The Morgan fingerprint density at radius 1 is 1.00 bits per heavy atom. The van der Waals surface area contributed by atoms with Crippen LogP contribution in [0.15, 0.2) is 49.1 Å². The SMILES string of the molecule is O=C(O)N1CCC2(CCN(c3cc(-c4ccncc4)nc4cnccc34)CC2)C1. The highest BCUT2D eigenvalue weighted by molar-refractivity contribution is 5.93. The van der Waals surface area contributed by atoms with E-state index >= 15 is 0 Å². The number of rotatable bonds is 2. The normalized spacial score (nSPS) is 18.5. The second-order valence-corrected chi connectivity index (χ2v) is 8.10. The van der Waals surface area contributed by atoms with Gasteiger partial charge in [0.15, 0.2) is 0 Å². The number of likely N-dealkylation sites (tertiary alicyclic amines) is 1. The Morgan fingerprint density at radius 2 is 1.72 bits per heavy atom. The van der Waals surface area contributed by atoms with Gasteiger partial charge in [-0.25, -0.2) is 9.78 Å². The summed E-state index contributed by atoms with van der Waals surface area (Å²) in [6, 6.07) is 8.13. The lowest BCUT2D eigenvalue weighted by Crippen LogP contribution is -2.42. The van der Waals surface area contributed by atoms with Crippen molar-refractivity contribution in [3.8, 4) is 11.3 Å². The predicted octanol–water partition coefficient (Wildman–Crippen LogP) is 3.66. The maximum atomic E-state index is 11.3. The molecular formula is C22H23N5O2. The highest BCUT2D eigenvalue weighted by atomic mass is 16.4. The van der Waals surface area contributed by atoms with E-state index in [0.29, 0.717) is 13.1 Å². The number of aromatic nitrogens is 3. The summed E-state index contributed by atoms with van der Waals surface area (Å²) in [6.07, 6.45) is 9.39. The summed E-state index contributed by atoms with van der Waals surface area (Å²) in [7, 11) is 0. The predicted molar refractivity (Wildman–Crippen MR) is 111 cm³/mol. The zero-order valence-corrected chi connectivity index (χ0v) is 16.2. The number of piperidine rings is 1. The molecule has 1 spiro atoms. The monoisotopic (exact) mass is 389 g/mol. The molecule has 0 aliphatic carbocycles. The van der Waals surface area contributed by atoms with Crippen LogP contribution in [-0.2, 0) is 0 Å². The average molecular weight is 389 g/mol. The van der Waals surface area contributed by atoms with Gasteiger partial charge in [-0.15, -0.1) is 0 Å². The van der Waals surface area contributed by atoms with Crippen molar-refractivity contribution in [3.63, 3.8) is 0 Å². The van der Waals surface area contributed by atoms with Crippen LogP contribution in [0, 0.1) is 5.41 Å². The molecule has 0 saturated carbocycles. The van der Waals surface area contributed by atoms with E-state index in [1.807, 2.05) is 30.6 Å². The number of fused-ring (bicyclic) bond motifs is 1. The van der Waals surface area contributed by atoms with Crippen molar-refractivity contribution in [1.82, 2.24) is 19.9 Å². The fourth-order valence-corrected chi connectivity index (χ4v) is 4.72. The van der Waals surface area contributed by atoms with Crippen molar-refractivity contribution in [2.24, 2.45) is 5.41 Å². The smallest absolute Gasteiger partial charge is 0.407 e. The van der Waals surface area contributed by atoms with Gasteiger partial charge in [0.2, 0.25) is 0 Å². The van der Waals surface area contributed by atoms with Gasteiger partial charge >= 0.3 is 6.09 Å². The number of anilines is 1. The van der Waals surface area contributed by atoms with E-state index in [1.54, 1.807) is 17.3 Å². The van der Waals surface area contributed by atoms with E-state index in [2.05, 4.69) is 20.9 Å². The molecule has 0 radical (unpaired) electrons. The summed E-state index contributed by atoms with van der Waals surface area (Å²) in [5.74, 6) is 0. The molecule has 5 heterocycles. The lowest BCUT2D eigenvalue weighted by molar-refractivity contribution is 0.144. The van der Waals surface area contributed by atoms with E-state index in [-0.39, 0.29) is 5.41 Å². The number of carbonyl (C=O) groups is 1. The summed E-state index contributed by atoms with van der Waals surface area (Å²) >= 11 is 0. The molecule has 0 bridgehead atoms. The van der Waals surface area contributed by atoms with E-state index in [1.165, 1.54) is 5.69 Å². The maximum absolute atomic E-state index is 11.3. The van der Waals surface area contributed by atoms with E-state index in [9.17, 15) is 9.90 Å². The van der Waals surface area contributed by atoms with Crippen LogP contribution in [-0.4, -0.2) is 57.2 Å². The number of carboxylic acid groups (broad SMARTS) is 1. The van der Waals surface area contributed by atoms with Gasteiger partial charge in [0.05, 0.1) is 17.4 Å². The molecule has 2 aliphatic rings. The Bertz CT molecular complexity index is 1050. The van der Waals surface area contributed by atoms with E-state index in [4.69, 9.17) is 4.98 Å². The van der Waals surface area contributed by atoms with Gasteiger partial charge in [0, 0.05) is 61.4 Å². The molecule has 148 valence electrons. The maximum Gasteiger partial charge on any atom is 0.407 e. The molecule has 0 aromatic carbocycles. The van der Waals surface area contributed by atoms with Crippen LogP contribution in [0.1, 0.15) is 19.3 Å². The summed E-state index contributed by atoms with van der Waals surface area (Å²) in [5.41, 5.74) is 4.14. The summed E-state index contributed by atoms with van der Waals surface area (Å²) in [5, 5.41) is 10.4. The Morgan fingerprint density at radius 3 is 2.45 bits per heavy atom. The zero-order chi connectivity index (χ0) is 19.8. The van der Waals surface area contributed by atoms with Crippen LogP contribution in [0.4, 0.5) is 10.5 Å². The second-order valence-electron chi connectivity index (χ2n) is 8.10. The van der Waals surface area contributed by atoms with Crippen LogP contribution in [0.3, 0.4) is 0 Å². The van der Waals surface area contributed by atoms with Crippen molar-refractivity contribution >= 4 is 22.7 Å². The van der Waals surface area contributed by atoms with Crippen LogP contribution in [0.5, 0.6) is 0 Å². The first-order valence-electron chi connectivity index (χ1n) is 10.0. The molecule has 2 fully saturated rings. The Hall–Kier alpha value is -3.22. The van der Waals surface area contributed by atoms with Gasteiger partial charge in [-0.1, -0.05) is 0 Å². The first-order valence-corrected chi connectivity index (χ1v) is 10.0. The molecule has 1 N–H and O–H groups in total. The summed E-state index contributed by atoms with van der Waals surface area (Å²) in [4.78, 5) is 28.5. The first-order chi connectivity index (χ1) is 14.1. The third kappa shape index (κ3) is 3.26. The van der Waals surface area contributed by atoms with Crippen molar-refractivity contribution in [2.45, 2.75) is 19.3 Å². The van der Waals surface area contributed by atoms with Gasteiger partial charge in [0.1, 0.15) is 0 Å². The molecule has 2 saturated heterocycles. The van der Waals surface area contributed by atoms with Gasteiger partial charge in [0.25, 0.3) is 0 Å². The first kappa shape index (κ1) is 17.8. The van der Waals surface area contributed by atoms with Crippen molar-refractivity contribution in [3.05, 3.63) is 49.1 Å². The zero-order valence-electron chi connectivity index (χ0n) is 16.2. The van der Waals surface area contributed by atoms with Crippen LogP contribution < -0.4 is 4.90 Å². The van der Waals surface area contributed by atoms with E-state index < -0.39 is 6.09 Å². The molecule has 2 aliphatic heterocycles. The highest BCUT2D eigenvalue weighted by Crippen LogP contribution is 2.42. The number of pyridine rings is 3. The molecule has 3 aromatic rings. The standard InChI is InChI=1S/C22H23N5O2/c28-21(29)27-12-6-22(15-27)4-10-26(11-5-22)20-13-18(16-1-7-23-8-2-16)25-19-14-24-9-3-17(19)20/h1-3,7-9,13-14H,4-6,10-12,15H2,(H,28,29). The topological polar surface area (TPSA) is 82.5 Å². The molecule has 7 heteroatoms. The Balaban J connectivity index is 1.46. The lowest BCUT2D eigenvalue weighted by atomic mass is 9.77. The molecule has 3 aromatic heterocycles. The second kappa shape index (κ2) is 6.99. The highest BCUT2D eigenvalue weighted by Gasteiger charge is 2.42. The largest absolute Gasteiger partial charge is 0.465 e. The third-order valence-corrected chi connectivity index (χ3v) is 6.44. The molecule has 7 nitrogen and oxygen atoms in total. The summed E-state index contributed by atoms with van der Waals surface area (Å²) < 4.78 is 0. The van der Waals surface area contributed by atoms with Gasteiger partial charge in [-0.05, 0) is 48.9 Å². The molecule has 5 rings (SSSR count). The van der Waals surface area contributed by atoms with Gasteiger partial charge in [-0.2, -0.15) is 0 Å². The minimum Gasteiger partial charge on any atom is -0.465 e. The minimum absolute atomic E-state index is 0.132. The number of amides is 1. The molecule has 29 heavy (non-hydrogen) atoms. The van der Waals surface area contributed by atoms with Gasteiger partial charge in [-0.3, -0.25) is 9.97 Å². The molecule has 1 amide bonds. The van der Waals surface area contributed by atoms with Crippen molar-refractivity contribution in [1.29, 1.82) is 0 Å². The van der Waals surface area contributed by atoms with E-state index in [0.717, 1.165) is 54.5 Å². The van der Waals surface area contributed by atoms with Gasteiger partial charge < -0.3 is 14.9 Å². The summed E-state index contributed by atoms with van der Waals surface area (Å²) in [6.45, 7) is 3.17. The Kier molecular flexibility index (Phi) is 4.30. The quantitative estimate of drug-likeness (QED) is 0.720. The molecular weight excluding hydrogens is 366 g/mol. The number of nitrogens with zero attached hydrogens (tertiary/aromatic N) is 5. The van der Waals surface area contributed by atoms with Crippen LogP contribution in [0.2, 0.25) is 0 Å². The third-order valence-electron chi connectivity index (χ3n) is 6.44. The van der Waals surface area contributed by atoms with Crippen molar-refractivity contribution < 1.29 is 9.90 Å². The lowest BCUT2D eigenvalue weighted by Gasteiger charge is -2.40. The fourth-order valence-electron chi connectivity index (χ4n) is 4.72. The average Bonchev–Trinajstić information content (AvgIpc) is 3.18. The van der Waals surface area contributed by atoms with Crippen LogP contribution >= 0.6 is 0 Å². The van der Waals surface area contributed by atoms with Crippen molar-refractivity contribution in [2.75, 3.05) is 31.1 Å². The van der Waals surface area contributed by atoms with Crippen LogP contribution in [0.25, 0.3) is 22.2 Å². The molecule has 0 unspecified atom stereocenters. The Labute approximate surface area is 169 Å². The molecule has 0 atom stereocenters.